The van der Waals surface area contributed by atoms with E-state index in [0.717, 1.165) is 0 Å². The van der Waals surface area contributed by atoms with Gasteiger partial charge < -0.3 is 0 Å². The number of hydrogen-bond donors (Lipinski definition) is 0. The Morgan fingerprint density at radius 3 is 2.58 bits per heavy atom. The van der Waals surface area contributed by atoms with Crippen LogP contribution in [0.1, 0.15) is 15.9 Å². The van der Waals surface area contributed by atoms with Crippen LogP contribution in [0.3, 0.4) is 0 Å². The molecule has 0 spiro atoms. The number of benzene rings is 2. The van der Waals surface area contributed by atoms with Gasteiger partial charge in [0.15, 0.2) is 5.78 Å². The van der Waals surface area contributed by atoms with Crippen molar-refractivity contribution in [2.75, 3.05) is 0 Å². The van der Waals surface area contributed by atoms with Gasteiger partial charge in [-0.3, -0.25) is 4.79 Å². The van der Waals surface area contributed by atoms with Crippen molar-refractivity contribution in [3.8, 4) is 0 Å². The molecule has 2 aromatic carbocycles. The van der Waals surface area contributed by atoms with E-state index in [1.54, 1.807) is 6.07 Å². The van der Waals surface area contributed by atoms with Crippen molar-refractivity contribution in [1.29, 1.82) is 0 Å². The monoisotopic (exact) mass is 388 g/mol. The van der Waals surface area contributed by atoms with Crippen molar-refractivity contribution < 1.29 is 13.6 Å². The van der Waals surface area contributed by atoms with Crippen LogP contribution in [0.15, 0.2) is 45.3 Å². The fraction of sp³-hybridized carbons (Fsp3) is 0.0714. The summed E-state index contributed by atoms with van der Waals surface area (Å²) in [6, 6.07) is 8.39. The summed E-state index contributed by atoms with van der Waals surface area (Å²) < 4.78 is 27.3. The third-order valence-corrected chi connectivity index (χ3v) is 4.19. The lowest BCUT2D eigenvalue weighted by atomic mass is 10.0. The average molecular weight is 390 g/mol. The maximum absolute atomic E-state index is 13.3. The van der Waals surface area contributed by atoms with Crippen LogP contribution < -0.4 is 0 Å². The normalized spacial score (nSPS) is 10.5. The summed E-state index contributed by atoms with van der Waals surface area (Å²) in [6.45, 7) is 0. The number of ketones is 1. The fourth-order valence-electron chi connectivity index (χ4n) is 1.66. The third-order valence-electron chi connectivity index (χ3n) is 2.61. The number of Topliss-reactive ketones (excluding diaryl/α,β-unsaturated/α-hetero) is 1. The van der Waals surface area contributed by atoms with Crippen LogP contribution in [-0.4, -0.2) is 5.78 Å². The number of hydrogen-bond acceptors (Lipinski definition) is 1. The highest BCUT2D eigenvalue weighted by Gasteiger charge is 2.14. The minimum Gasteiger partial charge on any atom is -0.294 e. The first-order chi connectivity index (χ1) is 8.99. The Bertz CT molecular complexity index is 641. The summed E-state index contributed by atoms with van der Waals surface area (Å²) in [5, 5.41) is 0. The van der Waals surface area contributed by atoms with Gasteiger partial charge in [-0.05, 0) is 45.8 Å². The minimum absolute atomic E-state index is 0.000394. The first kappa shape index (κ1) is 14.3. The van der Waals surface area contributed by atoms with E-state index in [1.807, 2.05) is 0 Å². The van der Waals surface area contributed by atoms with Crippen LogP contribution in [0.5, 0.6) is 0 Å². The molecule has 0 unspecified atom stereocenters. The molecule has 5 heteroatoms. The van der Waals surface area contributed by atoms with Gasteiger partial charge in [-0.25, -0.2) is 8.78 Å². The second-order valence-electron chi connectivity index (χ2n) is 3.94. The van der Waals surface area contributed by atoms with Gasteiger partial charge in [0.2, 0.25) is 0 Å². The largest absolute Gasteiger partial charge is 0.294 e. The quantitative estimate of drug-likeness (QED) is 0.681. The SMILES string of the molecule is O=C(Cc1cccc(F)c1Br)c1cc(F)ccc1Br. The van der Waals surface area contributed by atoms with Crippen molar-refractivity contribution in [2.45, 2.75) is 6.42 Å². The molecule has 1 nitrogen and oxygen atoms in total. The second-order valence-corrected chi connectivity index (χ2v) is 5.58. The number of carbonyl (C=O) groups excluding carboxylic acids is 1. The highest BCUT2D eigenvalue weighted by atomic mass is 79.9. The Balaban J connectivity index is 2.31. The molecule has 0 aromatic heterocycles. The molecule has 0 atom stereocenters. The second kappa shape index (κ2) is 5.92. The van der Waals surface area contributed by atoms with Crippen molar-refractivity contribution in [3.63, 3.8) is 0 Å². The van der Waals surface area contributed by atoms with E-state index in [4.69, 9.17) is 0 Å². The summed E-state index contributed by atoms with van der Waals surface area (Å²) in [6.07, 6.45) is 0.000394. The van der Waals surface area contributed by atoms with Crippen LogP contribution in [0.25, 0.3) is 0 Å². The van der Waals surface area contributed by atoms with E-state index < -0.39 is 11.6 Å². The lowest BCUT2D eigenvalue weighted by Crippen LogP contribution is -2.06. The number of carbonyl (C=O) groups is 1. The van der Waals surface area contributed by atoms with Crippen LogP contribution in [0, 0.1) is 11.6 Å². The summed E-state index contributed by atoms with van der Waals surface area (Å²) in [5.41, 5.74) is 0.775. The predicted molar refractivity (Wildman–Crippen MR) is 76.2 cm³/mol. The molecular formula is C14H8Br2F2O. The van der Waals surface area contributed by atoms with Gasteiger partial charge in [0.25, 0.3) is 0 Å². The first-order valence-electron chi connectivity index (χ1n) is 5.40. The third kappa shape index (κ3) is 3.28. The van der Waals surface area contributed by atoms with E-state index in [0.29, 0.717) is 10.0 Å². The Labute approximate surface area is 125 Å². The summed E-state index contributed by atoms with van der Waals surface area (Å²) in [4.78, 5) is 12.1. The number of halogens is 4. The summed E-state index contributed by atoms with van der Waals surface area (Å²) in [7, 11) is 0. The summed E-state index contributed by atoms with van der Waals surface area (Å²) in [5.74, 6) is -1.19. The Hall–Kier alpha value is -1.07. The van der Waals surface area contributed by atoms with E-state index in [2.05, 4.69) is 31.9 Å². The van der Waals surface area contributed by atoms with Crippen LogP contribution in [0.4, 0.5) is 8.78 Å². The molecule has 0 bridgehead atoms. The van der Waals surface area contributed by atoms with E-state index in [9.17, 15) is 13.6 Å². The molecule has 0 N–H and O–H groups in total. The van der Waals surface area contributed by atoms with E-state index >= 15 is 0 Å². The minimum atomic E-state index is -0.482. The highest BCUT2D eigenvalue weighted by Crippen LogP contribution is 2.24. The molecule has 98 valence electrons. The lowest BCUT2D eigenvalue weighted by molar-refractivity contribution is 0.0991. The van der Waals surface area contributed by atoms with Gasteiger partial charge in [-0.2, -0.15) is 0 Å². The Kier molecular flexibility index (Phi) is 4.47. The zero-order valence-corrected chi connectivity index (χ0v) is 12.8. The predicted octanol–water partition coefficient (Wildman–Crippen LogP) is 4.92. The maximum atomic E-state index is 13.3. The Morgan fingerprint density at radius 2 is 1.84 bits per heavy atom. The first-order valence-corrected chi connectivity index (χ1v) is 6.99. The zero-order valence-electron chi connectivity index (χ0n) is 9.59. The van der Waals surface area contributed by atoms with Crippen molar-refractivity contribution in [1.82, 2.24) is 0 Å². The molecule has 0 radical (unpaired) electrons. The van der Waals surface area contributed by atoms with Gasteiger partial charge in [-0.15, -0.1) is 0 Å². The molecule has 0 aliphatic rings. The molecule has 0 aliphatic carbocycles. The molecule has 2 rings (SSSR count). The highest BCUT2D eigenvalue weighted by molar-refractivity contribution is 9.10. The average Bonchev–Trinajstić information content (AvgIpc) is 2.38. The molecule has 0 saturated carbocycles. The molecule has 0 fully saturated rings. The maximum Gasteiger partial charge on any atom is 0.168 e. The van der Waals surface area contributed by atoms with E-state index in [-0.39, 0.29) is 22.2 Å². The molecule has 0 amide bonds. The molecule has 0 saturated heterocycles. The molecule has 0 heterocycles. The van der Waals surface area contributed by atoms with Gasteiger partial charge >= 0.3 is 0 Å². The zero-order chi connectivity index (χ0) is 14.0. The van der Waals surface area contributed by atoms with Gasteiger partial charge in [0.1, 0.15) is 11.6 Å². The standard InChI is InChI=1S/C14H8Br2F2O/c15-11-5-4-9(17)7-10(11)13(19)6-8-2-1-3-12(18)14(8)16/h1-5,7H,6H2. The smallest absolute Gasteiger partial charge is 0.168 e. The fourth-order valence-corrected chi connectivity index (χ4v) is 2.54. The molecule has 0 aliphatic heterocycles. The summed E-state index contributed by atoms with van der Waals surface area (Å²) >= 11 is 6.31. The van der Waals surface area contributed by atoms with Crippen LogP contribution in [-0.2, 0) is 6.42 Å². The molecule has 2 aromatic rings. The molecular weight excluding hydrogens is 382 g/mol. The Morgan fingerprint density at radius 1 is 1.11 bits per heavy atom. The van der Waals surface area contributed by atoms with Gasteiger partial charge in [0.05, 0.1) is 4.47 Å². The van der Waals surface area contributed by atoms with Gasteiger partial charge in [-0.1, -0.05) is 28.1 Å². The van der Waals surface area contributed by atoms with Crippen LogP contribution >= 0.6 is 31.9 Å². The van der Waals surface area contributed by atoms with Gasteiger partial charge in [0, 0.05) is 16.5 Å². The topological polar surface area (TPSA) is 17.1 Å². The van der Waals surface area contributed by atoms with Crippen molar-refractivity contribution in [3.05, 3.63) is 68.1 Å². The van der Waals surface area contributed by atoms with Crippen molar-refractivity contribution in [2.24, 2.45) is 0 Å². The lowest BCUT2D eigenvalue weighted by Gasteiger charge is -2.06. The van der Waals surface area contributed by atoms with Crippen LogP contribution in [0.2, 0.25) is 0 Å². The molecule has 19 heavy (non-hydrogen) atoms. The number of rotatable bonds is 3. The van der Waals surface area contributed by atoms with E-state index in [1.165, 1.54) is 30.3 Å². The van der Waals surface area contributed by atoms with Crippen molar-refractivity contribution >= 4 is 37.6 Å².